The summed E-state index contributed by atoms with van der Waals surface area (Å²) in [4.78, 5) is 0. The summed E-state index contributed by atoms with van der Waals surface area (Å²) >= 11 is 6.40. The van der Waals surface area contributed by atoms with Crippen molar-refractivity contribution in [1.82, 2.24) is 0 Å². The van der Waals surface area contributed by atoms with Crippen LogP contribution in [0.25, 0.3) is 0 Å². The predicted octanol–water partition coefficient (Wildman–Crippen LogP) is 5.68. The predicted molar refractivity (Wildman–Crippen MR) is 103 cm³/mol. The van der Waals surface area contributed by atoms with Gasteiger partial charge in [-0.05, 0) is 47.5 Å². The lowest BCUT2D eigenvalue weighted by molar-refractivity contribution is 0.284. The van der Waals surface area contributed by atoms with Gasteiger partial charge in [-0.3, -0.25) is 0 Å². The summed E-state index contributed by atoms with van der Waals surface area (Å²) in [6.45, 7) is 0.935. The molecule has 3 nitrogen and oxygen atoms in total. The average molecular weight is 372 g/mol. The Hall–Kier alpha value is -2.72. The molecule has 0 aromatic heterocycles. The highest BCUT2D eigenvalue weighted by molar-refractivity contribution is 6.32. The summed E-state index contributed by atoms with van der Waals surface area (Å²) in [5.41, 5.74) is 2.81. The van der Waals surface area contributed by atoms with Crippen LogP contribution in [0.1, 0.15) is 11.1 Å². The highest BCUT2D eigenvalue weighted by Crippen LogP contribution is 2.37. The van der Waals surface area contributed by atoms with Crippen molar-refractivity contribution >= 4 is 17.3 Å². The van der Waals surface area contributed by atoms with Gasteiger partial charge in [-0.25, -0.2) is 4.39 Å². The van der Waals surface area contributed by atoms with Gasteiger partial charge in [0.1, 0.15) is 12.4 Å². The number of hydrogen-bond donors (Lipinski definition) is 1. The Balaban J connectivity index is 1.70. The molecular weight excluding hydrogens is 353 g/mol. The standard InChI is InChI=1S/C21H19ClFNO2/c1-25-20-12-16(13-24-18-9-7-17(23)8-10-18)11-19(22)21(20)26-14-15-5-3-2-4-6-15/h2-12,24H,13-14H2,1H3. The third-order valence-corrected chi connectivity index (χ3v) is 4.14. The Bertz CT molecular complexity index is 854. The number of rotatable bonds is 7. The molecule has 3 aromatic rings. The van der Waals surface area contributed by atoms with Crippen LogP contribution in [-0.4, -0.2) is 7.11 Å². The maximum absolute atomic E-state index is 13.0. The zero-order valence-corrected chi connectivity index (χ0v) is 15.1. The molecule has 1 N–H and O–H groups in total. The zero-order chi connectivity index (χ0) is 18.4. The lowest BCUT2D eigenvalue weighted by Gasteiger charge is -2.15. The summed E-state index contributed by atoms with van der Waals surface area (Å²) in [5.74, 6) is 0.827. The fraction of sp³-hybridized carbons (Fsp3) is 0.143. The van der Waals surface area contributed by atoms with Crippen LogP contribution in [-0.2, 0) is 13.2 Å². The van der Waals surface area contributed by atoms with Crippen LogP contribution in [0.5, 0.6) is 11.5 Å². The minimum atomic E-state index is -0.264. The molecule has 0 unspecified atom stereocenters. The van der Waals surface area contributed by atoms with E-state index in [0.29, 0.717) is 29.7 Å². The zero-order valence-electron chi connectivity index (χ0n) is 14.3. The largest absolute Gasteiger partial charge is 0.493 e. The quantitative estimate of drug-likeness (QED) is 0.579. The Morgan fingerprint density at radius 2 is 1.69 bits per heavy atom. The monoisotopic (exact) mass is 371 g/mol. The number of anilines is 1. The number of methoxy groups -OCH3 is 1. The SMILES string of the molecule is COc1cc(CNc2ccc(F)cc2)cc(Cl)c1OCc1ccccc1. The fourth-order valence-electron chi connectivity index (χ4n) is 2.52. The van der Waals surface area contributed by atoms with Gasteiger partial charge in [-0.2, -0.15) is 0 Å². The van der Waals surface area contributed by atoms with Gasteiger partial charge in [-0.15, -0.1) is 0 Å². The molecule has 134 valence electrons. The van der Waals surface area contributed by atoms with Crippen molar-refractivity contribution in [2.24, 2.45) is 0 Å². The highest BCUT2D eigenvalue weighted by Gasteiger charge is 2.12. The molecule has 0 saturated carbocycles. The highest BCUT2D eigenvalue weighted by atomic mass is 35.5. The van der Waals surface area contributed by atoms with E-state index in [0.717, 1.165) is 16.8 Å². The fourth-order valence-corrected chi connectivity index (χ4v) is 2.80. The topological polar surface area (TPSA) is 30.5 Å². The van der Waals surface area contributed by atoms with Crippen molar-refractivity contribution in [3.63, 3.8) is 0 Å². The minimum Gasteiger partial charge on any atom is -0.493 e. The third-order valence-electron chi connectivity index (χ3n) is 3.86. The first-order valence-corrected chi connectivity index (χ1v) is 8.56. The van der Waals surface area contributed by atoms with Gasteiger partial charge in [0, 0.05) is 12.2 Å². The van der Waals surface area contributed by atoms with Gasteiger partial charge < -0.3 is 14.8 Å². The second-order valence-corrected chi connectivity index (χ2v) is 6.15. The molecule has 3 aromatic carbocycles. The summed E-state index contributed by atoms with van der Waals surface area (Å²) in [6, 6.07) is 19.8. The van der Waals surface area contributed by atoms with Gasteiger partial charge >= 0.3 is 0 Å². The van der Waals surface area contributed by atoms with E-state index in [-0.39, 0.29) is 5.82 Å². The normalized spacial score (nSPS) is 10.4. The summed E-state index contributed by atoms with van der Waals surface area (Å²) in [7, 11) is 1.58. The number of benzene rings is 3. The Morgan fingerprint density at radius 3 is 2.38 bits per heavy atom. The summed E-state index contributed by atoms with van der Waals surface area (Å²) in [5, 5.41) is 3.70. The van der Waals surface area contributed by atoms with Crippen LogP contribution in [0.3, 0.4) is 0 Å². The molecule has 0 atom stereocenters. The average Bonchev–Trinajstić information content (AvgIpc) is 2.67. The molecule has 26 heavy (non-hydrogen) atoms. The molecule has 0 saturated heterocycles. The second kappa shape index (κ2) is 8.59. The van der Waals surface area contributed by atoms with Gasteiger partial charge in [0.2, 0.25) is 0 Å². The van der Waals surface area contributed by atoms with E-state index in [2.05, 4.69) is 5.32 Å². The van der Waals surface area contributed by atoms with Crippen molar-refractivity contribution in [2.45, 2.75) is 13.2 Å². The number of halogens is 2. The Labute approximate surface area is 157 Å². The maximum atomic E-state index is 13.0. The van der Waals surface area contributed by atoms with E-state index in [9.17, 15) is 4.39 Å². The minimum absolute atomic E-state index is 0.264. The second-order valence-electron chi connectivity index (χ2n) is 5.74. The smallest absolute Gasteiger partial charge is 0.180 e. The first-order chi connectivity index (χ1) is 12.7. The first-order valence-electron chi connectivity index (χ1n) is 8.18. The van der Waals surface area contributed by atoms with E-state index in [1.807, 2.05) is 42.5 Å². The number of hydrogen-bond acceptors (Lipinski definition) is 3. The molecule has 0 fully saturated rings. The van der Waals surface area contributed by atoms with Crippen LogP contribution in [0.15, 0.2) is 66.7 Å². The van der Waals surface area contributed by atoms with Crippen LogP contribution in [0, 0.1) is 5.82 Å². The molecule has 0 amide bonds. The van der Waals surface area contributed by atoms with Crippen LogP contribution < -0.4 is 14.8 Å². The molecule has 0 aliphatic heterocycles. The van der Waals surface area contributed by atoms with E-state index < -0.39 is 0 Å². The molecule has 0 spiro atoms. The number of nitrogens with one attached hydrogen (secondary N) is 1. The van der Waals surface area contributed by atoms with E-state index in [4.69, 9.17) is 21.1 Å². The Kier molecular flexibility index (Phi) is 5.97. The third kappa shape index (κ3) is 4.67. The Morgan fingerprint density at radius 1 is 0.962 bits per heavy atom. The van der Waals surface area contributed by atoms with Crippen molar-refractivity contribution in [1.29, 1.82) is 0 Å². The molecule has 0 bridgehead atoms. The van der Waals surface area contributed by atoms with Crippen LogP contribution in [0.4, 0.5) is 10.1 Å². The first kappa shape index (κ1) is 18.1. The van der Waals surface area contributed by atoms with Crippen molar-refractivity contribution in [2.75, 3.05) is 12.4 Å². The molecule has 0 radical (unpaired) electrons. The van der Waals surface area contributed by atoms with Gasteiger partial charge in [-0.1, -0.05) is 41.9 Å². The molecule has 0 heterocycles. The van der Waals surface area contributed by atoms with Gasteiger partial charge in [0.25, 0.3) is 0 Å². The van der Waals surface area contributed by atoms with E-state index >= 15 is 0 Å². The lowest BCUT2D eigenvalue weighted by atomic mass is 10.2. The van der Waals surface area contributed by atoms with Crippen molar-refractivity contribution in [3.05, 3.63) is 88.7 Å². The van der Waals surface area contributed by atoms with E-state index in [1.165, 1.54) is 12.1 Å². The van der Waals surface area contributed by atoms with Crippen molar-refractivity contribution < 1.29 is 13.9 Å². The van der Waals surface area contributed by atoms with Gasteiger partial charge in [0.05, 0.1) is 12.1 Å². The molecular formula is C21H19ClFNO2. The molecule has 0 aliphatic rings. The van der Waals surface area contributed by atoms with Gasteiger partial charge in [0.15, 0.2) is 11.5 Å². The van der Waals surface area contributed by atoms with Crippen LogP contribution >= 0.6 is 11.6 Å². The maximum Gasteiger partial charge on any atom is 0.180 e. The molecule has 0 aliphatic carbocycles. The summed E-state index contributed by atoms with van der Waals surface area (Å²) in [6.07, 6.45) is 0. The van der Waals surface area contributed by atoms with Crippen molar-refractivity contribution in [3.8, 4) is 11.5 Å². The molecule has 3 rings (SSSR count). The summed E-state index contributed by atoms with van der Waals surface area (Å²) < 4.78 is 24.3. The molecule has 5 heteroatoms. The lowest BCUT2D eigenvalue weighted by Crippen LogP contribution is -2.02. The van der Waals surface area contributed by atoms with E-state index in [1.54, 1.807) is 19.2 Å². The van der Waals surface area contributed by atoms with Crippen LogP contribution in [0.2, 0.25) is 5.02 Å². The number of ether oxygens (including phenoxy) is 2.